The summed E-state index contributed by atoms with van der Waals surface area (Å²) < 4.78 is 0. The van der Waals surface area contributed by atoms with E-state index in [-0.39, 0.29) is 0 Å². The molecule has 80 valence electrons. The van der Waals surface area contributed by atoms with Crippen LogP contribution < -0.4 is 0 Å². The van der Waals surface area contributed by atoms with Crippen molar-refractivity contribution in [1.82, 2.24) is 4.90 Å². The van der Waals surface area contributed by atoms with Gasteiger partial charge in [0.15, 0.2) is 0 Å². The number of aliphatic hydroxyl groups excluding tert-OH is 1. The maximum atomic E-state index is 10.8. The number of likely N-dealkylation sites (tertiary alicyclic amines) is 1. The number of hydrogen-bond donors (Lipinski definition) is 2. The monoisotopic (exact) mass is 199 g/mol. The average Bonchev–Trinajstić information content (AvgIpc) is 2.43. The number of allylic oxidation sites excluding steroid dienone is 1. The third-order valence-electron chi connectivity index (χ3n) is 2.40. The summed E-state index contributed by atoms with van der Waals surface area (Å²) in [6, 6.07) is -0.527. The Morgan fingerprint density at radius 2 is 2.21 bits per heavy atom. The van der Waals surface area contributed by atoms with Gasteiger partial charge in [0.05, 0.1) is 6.10 Å². The molecule has 0 aromatic carbocycles. The third kappa shape index (κ3) is 2.82. The lowest BCUT2D eigenvalue weighted by molar-refractivity contribution is -0.142. The third-order valence-corrected chi connectivity index (χ3v) is 2.40. The molecule has 0 bridgehead atoms. The smallest absolute Gasteiger partial charge is 0.321 e. The molecular weight excluding hydrogens is 182 g/mol. The molecular formula is C10H17NO3. The second-order valence-corrected chi connectivity index (χ2v) is 3.98. The Labute approximate surface area is 83.8 Å². The van der Waals surface area contributed by atoms with Crippen LogP contribution >= 0.6 is 0 Å². The number of carboxylic acid groups (broad SMARTS) is 1. The van der Waals surface area contributed by atoms with Gasteiger partial charge < -0.3 is 10.2 Å². The highest BCUT2D eigenvalue weighted by Crippen LogP contribution is 2.17. The predicted octanol–water partition coefficient (Wildman–Crippen LogP) is 0.472. The van der Waals surface area contributed by atoms with Crippen molar-refractivity contribution >= 4 is 5.97 Å². The van der Waals surface area contributed by atoms with Crippen molar-refractivity contribution in [3.63, 3.8) is 0 Å². The van der Waals surface area contributed by atoms with Crippen molar-refractivity contribution in [2.75, 3.05) is 13.1 Å². The van der Waals surface area contributed by atoms with E-state index in [4.69, 9.17) is 5.11 Å². The van der Waals surface area contributed by atoms with Crippen LogP contribution in [0.4, 0.5) is 0 Å². The molecule has 2 unspecified atom stereocenters. The summed E-state index contributed by atoms with van der Waals surface area (Å²) >= 11 is 0. The van der Waals surface area contributed by atoms with Crippen LogP contribution in [0, 0.1) is 0 Å². The van der Waals surface area contributed by atoms with Crippen LogP contribution in [0.25, 0.3) is 0 Å². The molecule has 0 aliphatic carbocycles. The van der Waals surface area contributed by atoms with Gasteiger partial charge in [-0.05, 0) is 13.8 Å². The molecule has 1 heterocycles. The van der Waals surface area contributed by atoms with Gasteiger partial charge in [-0.3, -0.25) is 9.69 Å². The molecule has 0 amide bonds. The zero-order chi connectivity index (χ0) is 10.7. The fourth-order valence-corrected chi connectivity index (χ4v) is 1.64. The number of aliphatic carboxylic acids is 1. The van der Waals surface area contributed by atoms with E-state index in [9.17, 15) is 9.90 Å². The number of rotatable bonds is 3. The second kappa shape index (κ2) is 4.57. The summed E-state index contributed by atoms with van der Waals surface area (Å²) in [5.74, 6) is -0.844. The Morgan fingerprint density at radius 3 is 2.71 bits per heavy atom. The molecule has 0 radical (unpaired) electrons. The van der Waals surface area contributed by atoms with Gasteiger partial charge >= 0.3 is 5.97 Å². The summed E-state index contributed by atoms with van der Waals surface area (Å²) in [7, 11) is 0. The van der Waals surface area contributed by atoms with Crippen LogP contribution in [0.3, 0.4) is 0 Å². The van der Waals surface area contributed by atoms with E-state index in [1.54, 1.807) is 4.90 Å². The molecule has 0 spiro atoms. The van der Waals surface area contributed by atoms with Gasteiger partial charge in [0.1, 0.15) is 6.04 Å². The molecule has 0 aromatic heterocycles. The van der Waals surface area contributed by atoms with E-state index < -0.39 is 18.1 Å². The van der Waals surface area contributed by atoms with Gasteiger partial charge in [0.2, 0.25) is 0 Å². The van der Waals surface area contributed by atoms with Gasteiger partial charge in [0, 0.05) is 19.5 Å². The summed E-state index contributed by atoms with van der Waals surface area (Å²) in [6.07, 6.45) is 1.82. The molecule has 1 rings (SSSR count). The highest BCUT2D eigenvalue weighted by Gasteiger charge is 2.34. The molecule has 2 N–H and O–H groups in total. The first kappa shape index (κ1) is 11.2. The first-order valence-corrected chi connectivity index (χ1v) is 4.79. The van der Waals surface area contributed by atoms with Crippen molar-refractivity contribution in [3.05, 3.63) is 11.6 Å². The number of aliphatic hydroxyl groups is 1. The van der Waals surface area contributed by atoms with Gasteiger partial charge in [0.25, 0.3) is 0 Å². The Hall–Kier alpha value is -0.870. The number of nitrogens with zero attached hydrogens (tertiary/aromatic N) is 1. The second-order valence-electron chi connectivity index (χ2n) is 3.98. The lowest BCUT2D eigenvalue weighted by Crippen LogP contribution is -2.36. The van der Waals surface area contributed by atoms with Crippen molar-refractivity contribution in [1.29, 1.82) is 0 Å². The highest BCUT2D eigenvalue weighted by atomic mass is 16.4. The van der Waals surface area contributed by atoms with Crippen LogP contribution in [0.15, 0.2) is 11.6 Å². The quantitative estimate of drug-likeness (QED) is 0.649. The predicted molar refractivity (Wildman–Crippen MR) is 53.1 cm³/mol. The van der Waals surface area contributed by atoms with Gasteiger partial charge in [-0.2, -0.15) is 0 Å². The van der Waals surface area contributed by atoms with Crippen LogP contribution in [-0.2, 0) is 4.79 Å². The molecule has 1 saturated heterocycles. The van der Waals surface area contributed by atoms with E-state index in [0.29, 0.717) is 19.5 Å². The van der Waals surface area contributed by atoms with Crippen molar-refractivity contribution in [2.45, 2.75) is 32.4 Å². The standard InChI is InChI=1S/C10H17NO3/c1-7(2)3-4-11-6-8(12)5-9(11)10(13)14/h3,8-9,12H,4-6H2,1-2H3,(H,13,14). The van der Waals surface area contributed by atoms with Crippen LogP contribution in [0.2, 0.25) is 0 Å². The minimum absolute atomic E-state index is 0.339. The van der Waals surface area contributed by atoms with Crippen LogP contribution in [0.1, 0.15) is 20.3 Å². The Morgan fingerprint density at radius 1 is 1.57 bits per heavy atom. The minimum atomic E-state index is -0.844. The Balaban J connectivity index is 2.58. The SMILES string of the molecule is CC(C)=CCN1CC(O)CC1C(=O)O. The molecule has 4 heteroatoms. The lowest BCUT2D eigenvalue weighted by atomic mass is 10.2. The topological polar surface area (TPSA) is 60.8 Å². The fraction of sp³-hybridized carbons (Fsp3) is 0.700. The number of β-amino-alcohol motifs (C(OH)–C–C–N with tert-alkyl or cyclic N) is 1. The van der Waals surface area contributed by atoms with Crippen molar-refractivity contribution in [2.24, 2.45) is 0 Å². The van der Waals surface area contributed by atoms with E-state index in [1.807, 2.05) is 19.9 Å². The van der Waals surface area contributed by atoms with Crippen molar-refractivity contribution in [3.8, 4) is 0 Å². The summed E-state index contributed by atoms with van der Waals surface area (Å²) in [4.78, 5) is 12.6. The van der Waals surface area contributed by atoms with E-state index in [0.717, 1.165) is 5.57 Å². The van der Waals surface area contributed by atoms with Gasteiger partial charge in [-0.1, -0.05) is 11.6 Å². The van der Waals surface area contributed by atoms with Gasteiger partial charge in [-0.15, -0.1) is 0 Å². The maximum absolute atomic E-state index is 10.8. The molecule has 0 aromatic rings. The number of carbonyl (C=O) groups is 1. The first-order chi connectivity index (χ1) is 6.50. The van der Waals surface area contributed by atoms with E-state index in [2.05, 4.69) is 0 Å². The van der Waals surface area contributed by atoms with Crippen LogP contribution in [-0.4, -0.2) is 46.3 Å². The highest BCUT2D eigenvalue weighted by molar-refractivity contribution is 5.74. The molecule has 1 fully saturated rings. The largest absolute Gasteiger partial charge is 0.480 e. The zero-order valence-corrected chi connectivity index (χ0v) is 8.60. The fourth-order valence-electron chi connectivity index (χ4n) is 1.64. The van der Waals surface area contributed by atoms with Crippen LogP contribution in [0.5, 0.6) is 0 Å². The average molecular weight is 199 g/mol. The van der Waals surface area contributed by atoms with E-state index >= 15 is 0 Å². The Bertz CT molecular complexity index is 246. The zero-order valence-electron chi connectivity index (χ0n) is 8.60. The Kier molecular flexibility index (Phi) is 3.66. The maximum Gasteiger partial charge on any atom is 0.321 e. The number of carboxylic acids is 1. The molecule has 1 aliphatic rings. The minimum Gasteiger partial charge on any atom is -0.480 e. The molecule has 4 nitrogen and oxygen atoms in total. The lowest BCUT2D eigenvalue weighted by Gasteiger charge is -2.18. The van der Waals surface area contributed by atoms with E-state index in [1.165, 1.54) is 0 Å². The van der Waals surface area contributed by atoms with Gasteiger partial charge in [-0.25, -0.2) is 0 Å². The molecule has 2 atom stereocenters. The summed E-state index contributed by atoms with van der Waals surface area (Å²) in [6.45, 7) is 5.02. The first-order valence-electron chi connectivity index (χ1n) is 4.79. The summed E-state index contributed by atoms with van der Waals surface area (Å²) in [5, 5.41) is 18.3. The molecule has 14 heavy (non-hydrogen) atoms. The normalized spacial score (nSPS) is 27.6. The van der Waals surface area contributed by atoms with Crippen molar-refractivity contribution < 1.29 is 15.0 Å². The molecule has 1 aliphatic heterocycles. The number of hydrogen-bond acceptors (Lipinski definition) is 3. The molecule has 0 saturated carbocycles. The summed E-state index contributed by atoms with van der Waals surface area (Å²) in [5.41, 5.74) is 1.16.